The van der Waals surface area contributed by atoms with Crippen LogP contribution in [0.25, 0.3) is 67.2 Å². The van der Waals surface area contributed by atoms with E-state index in [9.17, 15) is 4.79 Å². The molecule has 9 rings (SSSR count). The Morgan fingerprint density at radius 3 is 1.61 bits per heavy atom. The van der Waals surface area contributed by atoms with Crippen LogP contribution in [0.5, 0.6) is 0 Å². The van der Waals surface area contributed by atoms with Crippen molar-refractivity contribution in [2.75, 3.05) is 0 Å². The molecule has 2 aromatic heterocycles. The fourth-order valence-corrected chi connectivity index (χ4v) is 7.69. The van der Waals surface area contributed by atoms with Crippen LogP contribution in [0.2, 0.25) is 0 Å². The van der Waals surface area contributed by atoms with Crippen LogP contribution in [0.1, 0.15) is 22.3 Å². The zero-order chi connectivity index (χ0) is 38.0. The SMILES string of the molecule is Cn1c(=O)n(C)c2cc(-c3ccc(-c4cc(-c5ccc(Cc6ccccc6)c(-c6ccccc6Cc6ccccc6)c5)nc(-c5ccccc5)n4)cc3)ccc21. The van der Waals surface area contributed by atoms with Crippen molar-refractivity contribution in [1.29, 1.82) is 0 Å². The first-order chi connectivity index (χ1) is 27.5. The van der Waals surface area contributed by atoms with Gasteiger partial charge in [-0.05, 0) is 81.6 Å². The number of aryl methyl sites for hydroxylation is 2. The van der Waals surface area contributed by atoms with Crippen molar-refractivity contribution in [3.63, 3.8) is 0 Å². The minimum absolute atomic E-state index is 0.0318. The van der Waals surface area contributed by atoms with E-state index in [1.54, 1.807) is 9.13 Å². The monoisotopic (exact) mass is 724 g/mol. The average Bonchev–Trinajstić information content (AvgIpc) is 3.47. The fraction of sp³-hybridized carbons (Fsp3) is 0.0784. The minimum Gasteiger partial charge on any atom is -0.295 e. The second kappa shape index (κ2) is 15.0. The zero-order valence-corrected chi connectivity index (χ0v) is 31.4. The molecule has 270 valence electrons. The Morgan fingerprint density at radius 2 is 0.929 bits per heavy atom. The van der Waals surface area contributed by atoms with E-state index in [-0.39, 0.29) is 5.69 Å². The van der Waals surface area contributed by atoms with Gasteiger partial charge in [0, 0.05) is 30.8 Å². The Balaban J connectivity index is 1.15. The molecule has 0 unspecified atom stereocenters. The lowest BCUT2D eigenvalue weighted by molar-refractivity contribution is 0.795. The van der Waals surface area contributed by atoms with Gasteiger partial charge in [0.15, 0.2) is 5.82 Å². The smallest absolute Gasteiger partial charge is 0.295 e. The third-order valence-electron chi connectivity index (χ3n) is 10.7. The highest BCUT2D eigenvalue weighted by Gasteiger charge is 2.16. The van der Waals surface area contributed by atoms with Crippen molar-refractivity contribution in [3.8, 4) is 56.2 Å². The van der Waals surface area contributed by atoms with Crippen LogP contribution in [0, 0.1) is 0 Å². The Labute approximate surface area is 326 Å². The molecule has 7 aromatic carbocycles. The lowest BCUT2D eigenvalue weighted by atomic mass is 9.88. The molecular formula is C51H40N4O. The summed E-state index contributed by atoms with van der Waals surface area (Å²) in [5.74, 6) is 0.678. The molecular weight excluding hydrogens is 685 g/mol. The molecule has 0 radical (unpaired) electrons. The van der Waals surface area contributed by atoms with Crippen LogP contribution < -0.4 is 5.69 Å². The number of aromatic nitrogens is 4. The molecule has 0 aliphatic rings. The summed E-state index contributed by atoms with van der Waals surface area (Å²) < 4.78 is 3.38. The molecule has 56 heavy (non-hydrogen) atoms. The predicted molar refractivity (Wildman–Crippen MR) is 229 cm³/mol. The molecule has 0 saturated heterocycles. The number of hydrogen-bond acceptors (Lipinski definition) is 3. The van der Waals surface area contributed by atoms with Gasteiger partial charge >= 0.3 is 5.69 Å². The fourth-order valence-electron chi connectivity index (χ4n) is 7.69. The Morgan fingerprint density at radius 1 is 0.411 bits per heavy atom. The molecule has 0 fully saturated rings. The van der Waals surface area contributed by atoms with E-state index in [1.165, 1.54) is 33.4 Å². The Kier molecular flexibility index (Phi) is 9.26. The first kappa shape index (κ1) is 34.6. The molecule has 5 heteroatoms. The Hall–Kier alpha value is -7.11. The van der Waals surface area contributed by atoms with Crippen LogP contribution in [0.15, 0.2) is 187 Å². The minimum atomic E-state index is -0.0318. The van der Waals surface area contributed by atoms with Gasteiger partial charge in [0.2, 0.25) is 0 Å². The quantitative estimate of drug-likeness (QED) is 0.149. The van der Waals surface area contributed by atoms with Gasteiger partial charge in [-0.2, -0.15) is 0 Å². The van der Waals surface area contributed by atoms with Gasteiger partial charge in [0.1, 0.15) is 0 Å². The molecule has 0 atom stereocenters. The van der Waals surface area contributed by atoms with Crippen molar-refractivity contribution < 1.29 is 0 Å². The summed E-state index contributed by atoms with van der Waals surface area (Å²) in [4.78, 5) is 22.9. The standard InChI is InChI=1S/C51H40N4O/c1-54-48-29-28-40(33-49(48)55(2)51(54)56)37-22-24-38(25-23-37)46-34-47(53-50(52-46)39-18-10-5-11-19-39)43-27-26-42(31-36-16-8-4-9-17-36)45(32-43)44-21-13-12-20-41(44)30-35-14-6-3-7-15-35/h3-29,32-34H,30-31H2,1-2H3. The third-order valence-corrected chi connectivity index (χ3v) is 10.7. The maximum atomic E-state index is 12.6. The van der Waals surface area contributed by atoms with E-state index in [0.29, 0.717) is 5.82 Å². The van der Waals surface area contributed by atoms with Gasteiger partial charge in [-0.1, -0.05) is 158 Å². The topological polar surface area (TPSA) is 52.7 Å². The zero-order valence-electron chi connectivity index (χ0n) is 31.4. The molecule has 0 amide bonds. The number of hydrogen-bond donors (Lipinski definition) is 0. The summed E-state index contributed by atoms with van der Waals surface area (Å²) in [6, 6.07) is 63.9. The second-order valence-electron chi connectivity index (χ2n) is 14.4. The van der Waals surface area contributed by atoms with Gasteiger partial charge in [0.25, 0.3) is 0 Å². The van der Waals surface area contributed by atoms with E-state index >= 15 is 0 Å². The van der Waals surface area contributed by atoms with Crippen molar-refractivity contribution in [1.82, 2.24) is 19.1 Å². The van der Waals surface area contributed by atoms with Gasteiger partial charge < -0.3 is 0 Å². The highest BCUT2D eigenvalue weighted by Crippen LogP contribution is 2.36. The van der Waals surface area contributed by atoms with Crippen LogP contribution in [-0.2, 0) is 26.9 Å². The number of imidazole rings is 1. The summed E-state index contributed by atoms with van der Waals surface area (Å²) in [6.07, 6.45) is 1.66. The molecule has 5 nitrogen and oxygen atoms in total. The first-order valence-corrected chi connectivity index (χ1v) is 19.0. The van der Waals surface area contributed by atoms with Gasteiger partial charge in [-0.25, -0.2) is 14.8 Å². The van der Waals surface area contributed by atoms with Gasteiger partial charge in [-0.15, -0.1) is 0 Å². The summed E-state index contributed by atoms with van der Waals surface area (Å²) >= 11 is 0. The Bertz CT molecular complexity index is 2880. The van der Waals surface area contributed by atoms with Crippen LogP contribution in [0.4, 0.5) is 0 Å². The molecule has 0 aliphatic carbocycles. The van der Waals surface area contributed by atoms with Crippen molar-refractivity contribution in [2.24, 2.45) is 14.1 Å². The van der Waals surface area contributed by atoms with Crippen molar-refractivity contribution in [3.05, 3.63) is 215 Å². The number of fused-ring (bicyclic) bond motifs is 1. The molecule has 0 spiro atoms. The van der Waals surface area contributed by atoms with Gasteiger partial charge in [0.05, 0.1) is 22.4 Å². The predicted octanol–water partition coefficient (Wildman–Crippen LogP) is 11.2. The molecule has 2 heterocycles. The van der Waals surface area contributed by atoms with Crippen LogP contribution in [0.3, 0.4) is 0 Å². The van der Waals surface area contributed by atoms with E-state index < -0.39 is 0 Å². The summed E-state index contributed by atoms with van der Waals surface area (Å²) in [7, 11) is 3.63. The number of rotatable bonds is 9. The molecule has 9 aromatic rings. The average molecular weight is 725 g/mol. The molecule has 0 aliphatic heterocycles. The lowest BCUT2D eigenvalue weighted by Gasteiger charge is -2.17. The maximum absolute atomic E-state index is 12.6. The normalized spacial score (nSPS) is 11.2. The highest BCUT2D eigenvalue weighted by molar-refractivity contribution is 5.84. The first-order valence-electron chi connectivity index (χ1n) is 19.0. The van der Waals surface area contributed by atoms with E-state index in [4.69, 9.17) is 9.97 Å². The second-order valence-corrected chi connectivity index (χ2v) is 14.4. The van der Waals surface area contributed by atoms with Crippen LogP contribution >= 0.6 is 0 Å². The van der Waals surface area contributed by atoms with Crippen molar-refractivity contribution >= 4 is 11.0 Å². The van der Waals surface area contributed by atoms with Crippen molar-refractivity contribution in [2.45, 2.75) is 12.8 Å². The van der Waals surface area contributed by atoms with E-state index in [1.807, 2.05) is 38.4 Å². The summed E-state index contributed by atoms with van der Waals surface area (Å²) in [5.41, 5.74) is 16.1. The lowest BCUT2D eigenvalue weighted by Crippen LogP contribution is -2.19. The highest BCUT2D eigenvalue weighted by atomic mass is 16.1. The third kappa shape index (κ3) is 6.87. The van der Waals surface area contributed by atoms with E-state index in [2.05, 4.69) is 158 Å². The van der Waals surface area contributed by atoms with Crippen LogP contribution in [-0.4, -0.2) is 19.1 Å². The van der Waals surface area contributed by atoms with Gasteiger partial charge in [-0.3, -0.25) is 9.13 Å². The van der Waals surface area contributed by atoms with E-state index in [0.717, 1.165) is 63.1 Å². The largest absolute Gasteiger partial charge is 0.328 e. The summed E-state index contributed by atoms with van der Waals surface area (Å²) in [6.45, 7) is 0. The molecule has 0 N–H and O–H groups in total. The molecule has 0 bridgehead atoms. The number of benzene rings is 7. The summed E-state index contributed by atoms with van der Waals surface area (Å²) in [5, 5.41) is 0. The molecule has 0 saturated carbocycles. The number of nitrogens with zero attached hydrogens (tertiary/aromatic N) is 4. The maximum Gasteiger partial charge on any atom is 0.328 e.